The Kier molecular flexibility index (Phi) is 6.09. The summed E-state index contributed by atoms with van der Waals surface area (Å²) in [6, 6.07) is 16.3. The van der Waals surface area contributed by atoms with Gasteiger partial charge in [-0.05, 0) is 47.5 Å². The summed E-state index contributed by atoms with van der Waals surface area (Å²) in [5.74, 6) is -1.42. The van der Waals surface area contributed by atoms with Crippen LogP contribution in [-0.4, -0.2) is 21.8 Å². The van der Waals surface area contributed by atoms with E-state index in [1.165, 1.54) is 42.9 Å². The van der Waals surface area contributed by atoms with Crippen LogP contribution < -0.4 is 11.1 Å². The van der Waals surface area contributed by atoms with E-state index in [-0.39, 0.29) is 27.9 Å². The predicted molar refractivity (Wildman–Crippen MR) is 121 cm³/mol. The Morgan fingerprint density at radius 3 is 2.21 bits per heavy atom. The number of rotatable bonds is 5. The number of carbonyl (C=O) groups excluding carboxylic acids is 2. The number of pyridine rings is 2. The Morgan fingerprint density at radius 1 is 0.853 bits per heavy atom. The molecule has 34 heavy (non-hydrogen) atoms. The highest BCUT2D eigenvalue weighted by Gasteiger charge is 2.34. The number of nitrogens with one attached hydrogen (secondary N) is 1. The van der Waals surface area contributed by atoms with Crippen molar-refractivity contribution >= 4 is 17.5 Å². The zero-order chi connectivity index (χ0) is 24.3. The average molecular weight is 462 g/mol. The lowest BCUT2D eigenvalue weighted by molar-refractivity contribution is -0.137. The van der Waals surface area contributed by atoms with Crippen molar-refractivity contribution in [2.24, 2.45) is 5.73 Å². The van der Waals surface area contributed by atoms with Crippen molar-refractivity contribution in [3.63, 3.8) is 0 Å². The summed E-state index contributed by atoms with van der Waals surface area (Å²) in [5.41, 5.74) is 5.87. The lowest BCUT2D eigenvalue weighted by Crippen LogP contribution is -2.17. The molecule has 0 saturated heterocycles. The maximum atomic E-state index is 13.6. The van der Waals surface area contributed by atoms with Gasteiger partial charge in [0.05, 0.1) is 22.5 Å². The van der Waals surface area contributed by atoms with Crippen LogP contribution >= 0.6 is 0 Å². The first-order chi connectivity index (χ1) is 16.2. The highest BCUT2D eigenvalue weighted by molar-refractivity contribution is 6.07. The number of anilines is 1. The van der Waals surface area contributed by atoms with E-state index in [0.717, 1.165) is 12.1 Å². The Labute approximate surface area is 192 Å². The van der Waals surface area contributed by atoms with Gasteiger partial charge in [-0.2, -0.15) is 13.2 Å². The van der Waals surface area contributed by atoms with Crippen molar-refractivity contribution < 1.29 is 22.8 Å². The Hall–Kier alpha value is -4.53. The summed E-state index contributed by atoms with van der Waals surface area (Å²) in [6.45, 7) is 0. The largest absolute Gasteiger partial charge is 0.417 e. The molecule has 0 saturated carbocycles. The molecule has 2 aromatic carbocycles. The summed E-state index contributed by atoms with van der Waals surface area (Å²) in [5, 5.41) is 2.65. The van der Waals surface area contributed by atoms with Crippen LogP contribution in [0.3, 0.4) is 0 Å². The fourth-order valence-corrected chi connectivity index (χ4v) is 3.42. The van der Waals surface area contributed by atoms with Gasteiger partial charge in [0.25, 0.3) is 5.91 Å². The fourth-order valence-electron chi connectivity index (χ4n) is 3.42. The predicted octanol–water partition coefficient (Wildman–Crippen LogP) is 5.18. The summed E-state index contributed by atoms with van der Waals surface area (Å²) in [4.78, 5) is 32.8. The molecule has 0 atom stereocenters. The van der Waals surface area contributed by atoms with Crippen LogP contribution in [0, 0.1) is 0 Å². The maximum absolute atomic E-state index is 13.6. The van der Waals surface area contributed by atoms with Gasteiger partial charge in [0.15, 0.2) is 0 Å². The fraction of sp³-hybridized carbons (Fsp3) is 0.0400. The van der Waals surface area contributed by atoms with Crippen LogP contribution in [0.2, 0.25) is 0 Å². The third kappa shape index (κ3) is 4.78. The molecule has 0 bridgehead atoms. The van der Waals surface area contributed by atoms with Gasteiger partial charge < -0.3 is 11.1 Å². The monoisotopic (exact) mass is 462 g/mol. The highest BCUT2D eigenvalue weighted by atomic mass is 19.4. The van der Waals surface area contributed by atoms with Crippen molar-refractivity contribution in [3.05, 3.63) is 102 Å². The SMILES string of the molecule is NC(=O)c1cnc(-c2ccccc2)c(NC(=O)c2ccc(C(F)(F)F)c(-c3ccncc3)c2)c1. The molecule has 2 aromatic heterocycles. The number of alkyl halides is 3. The molecule has 0 unspecified atom stereocenters. The molecular formula is C25H17F3N4O2. The van der Waals surface area contributed by atoms with E-state index in [2.05, 4.69) is 15.3 Å². The van der Waals surface area contributed by atoms with Gasteiger partial charge in [-0.15, -0.1) is 0 Å². The van der Waals surface area contributed by atoms with Gasteiger partial charge >= 0.3 is 6.18 Å². The molecule has 2 amide bonds. The third-order valence-corrected chi connectivity index (χ3v) is 5.05. The number of carbonyl (C=O) groups is 2. The number of amides is 2. The third-order valence-electron chi connectivity index (χ3n) is 5.05. The summed E-state index contributed by atoms with van der Waals surface area (Å²) in [7, 11) is 0. The molecule has 0 aliphatic carbocycles. The van der Waals surface area contributed by atoms with Crippen molar-refractivity contribution in [2.75, 3.05) is 5.32 Å². The van der Waals surface area contributed by atoms with Crippen LogP contribution in [0.5, 0.6) is 0 Å². The van der Waals surface area contributed by atoms with Gasteiger partial charge in [0.1, 0.15) is 0 Å². The molecule has 0 aliphatic heterocycles. The number of hydrogen-bond acceptors (Lipinski definition) is 4. The van der Waals surface area contributed by atoms with Gasteiger partial charge in [0.2, 0.25) is 5.91 Å². The standard InChI is InChI=1S/C25H17F3N4O2/c26-25(27,28)20-7-6-17(12-19(20)15-8-10-30-11-9-15)24(34)32-21-13-18(23(29)33)14-31-22(21)16-4-2-1-3-5-16/h1-14H,(H2,29,33)(H,32,34). The molecule has 170 valence electrons. The van der Waals surface area contributed by atoms with Crippen LogP contribution in [0.15, 0.2) is 85.3 Å². The maximum Gasteiger partial charge on any atom is 0.417 e. The normalized spacial score (nSPS) is 11.1. The number of halogens is 3. The molecule has 6 nitrogen and oxygen atoms in total. The van der Waals surface area contributed by atoms with E-state index in [4.69, 9.17) is 5.73 Å². The zero-order valence-corrected chi connectivity index (χ0v) is 17.5. The number of hydrogen-bond donors (Lipinski definition) is 2. The molecule has 3 N–H and O–H groups in total. The smallest absolute Gasteiger partial charge is 0.366 e. The van der Waals surface area contributed by atoms with E-state index < -0.39 is 23.6 Å². The van der Waals surface area contributed by atoms with Crippen LogP contribution in [-0.2, 0) is 6.18 Å². The second-order valence-corrected chi connectivity index (χ2v) is 7.30. The minimum Gasteiger partial charge on any atom is -0.366 e. The quantitative estimate of drug-likeness (QED) is 0.427. The van der Waals surface area contributed by atoms with Crippen molar-refractivity contribution in [2.45, 2.75) is 6.18 Å². The van der Waals surface area contributed by atoms with E-state index in [9.17, 15) is 22.8 Å². The summed E-state index contributed by atoms with van der Waals surface area (Å²) >= 11 is 0. The molecule has 0 fully saturated rings. The average Bonchev–Trinajstić information content (AvgIpc) is 2.84. The Morgan fingerprint density at radius 2 is 1.56 bits per heavy atom. The number of nitrogens with zero attached hydrogens (tertiary/aromatic N) is 2. The Bertz CT molecular complexity index is 1360. The molecule has 4 rings (SSSR count). The van der Waals surface area contributed by atoms with E-state index >= 15 is 0 Å². The number of primary amides is 1. The molecule has 4 aromatic rings. The van der Waals surface area contributed by atoms with E-state index in [1.54, 1.807) is 24.3 Å². The van der Waals surface area contributed by atoms with Crippen LogP contribution in [0.25, 0.3) is 22.4 Å². The zero-order valence-electron chi connectivity index (χ0n) is 17.5. The minimum atomic E-state index is -4.62. The molecular weight excluding hydrogens is 445 g/mol. The highest BCUT2D eigenvalue weighted by Crippen LogP contribution is 2.37. The second-order valence-electron chi connectivity index (χ2n) is 7.30. The summed E-state index contributed by atoms with van der Waals surface area (Å²) in [6.07, 6.45) is -0.585. The Balaban J connectivity index is 1.76. The van der Waals surface area contributed by atoms with Crippen LogP contribution in [0.4, 0.5) is 18.9 Å². The van der Waals surface area contributed by atoms with Crippen molar-refractivity contribution in [1.29, 1.82) is 0 Å². The summed E-state index contributed by atoms with van der Waals surface area (Å²) < 4.78 is 40.8. The van der Waals surface area contributed by atoms with Gasteiger partial charge in [0, 0.05) is 29.7 Å². The first-order valence-electron chi connectivity index (χ1n) is 10.0. The van der Waals surface area contributed by atoms with Crippen molar-refractivity contribution in [3.8, 4) is 22.4 Å². The number of nitrogens with two attached hydrogens (primary N) is 1. The van der Waals surface area contributed by atoms with E-state index in [0.29, 0.717) is 11.3 Å². The molecule has 0 spiro atoms. The lowest BCUT2D eigenvalue weighted by Gasteiger charge is -2.16. The topological polar surface area (TPSA) is 98.0 Å². The van der Waals surface area contributed by atoms with Gasteiger partial charge in [-0.3, -0.25) is 19.6 Å². The molecule has 9 heteroatoms. The first kappa shape index (κ1) is 22.7. The molecule has 2 heterocycles. The van der Waals surface area contributed by atoms with Gasteiger partial charge in [-0.1, -0.05) is 30.3 Å². The van der Waals surface area contributed by atoms with E-state index in [1.807, 2.05) is 6.07 Å². The van der Waals surface area contributed by atoms with Crippen LogP contribution in [0.1, 0.15) is 26.3 Å². The lowest BCUT2D eigenvalue weighted by atomic mass is 9.97. The minimum absolute atomic E-state index is 0.0108. The number of aromatic nitrogens is 2. The molecule has 0 radical (unpaired) electrons. The van der Waals surface area contributed by atoms with Crippen molar-refractivity contribution in [1.82, 2.24) is 9.97 Å². The molecule has 0 aliphatic rings. The number of benzene rings is 2. The first-order valence-corrected chi connectivity index (χ1v) is 10.0. The second kappa shape index (κ2) is 9.14. The van der Waals surface area contributed by atoms with Gasteiger partial charge in [-0.25, -0.2) is 0 Å².